The number of aromatic nitrogens is 2. The number of carbonyl (C=O) groups is 1. The first-order valence-electron chi connectivity index (χ1n) is 7.91. The zero-order valence-corrected chi connectivity index (χ0v) is 13.6. The molecule has 2 N–H and O–H groups in total. The number of hydrogen-bond acceptors (Lipinski definition) is 2. The maximum atomic E-state index is 14.7. The van der Waals surface area contributed by atoms with Gasteiger partial charge in [0.1, 0.15) is 28.8 Å². The number of aromatic amines is 1. The maximum Gasteiger partial charge on any atom is 0.338 e. The van der Waals surface area contributed by atoms with E-state index in [0.717, 1.165) is 12.1 Å². The van der Waals surface area contributed by atoms with Crippen LogP contribution in [-0.4, -0.2) is 21.0 Å². The molecule has 1 aromatic heterocycles. The lowest BCUT2D eigenvalue weighted by Gasteiger charge is -2.06. The second-order valence-electron chi connectivity index (χ2n) is 5.92. The van der Waals surface area contributed by atoms with Crippen molar-refractivity contribution in [1.29, 1.82) is 0 Å². The van der Waals surface area contributed by atoms with Gasteiger partial charge < -0.3 is 10.1 Å². The lowest BCUT2D eigenvalue weighted by Crippen LogP contribution is -1.98. The molecule has 134 valence electrons. The van der Waals surface area contributed by atoms with Gasteiger partial charge in [-0.15, -0.1) is 0 Å². The van der Waals surface area contributed by atoms with Gasteiger partial charge in [0.15, 0.2) is 0 Å². The first-order chi connectivity index (χ1) is 12.9. The second-order valence-corrected chi connectivity index (χ2v) is 5.92. The highest BCUT2D eigenvalue weighted by Gasteiger charge is 2.20. The zero-order chi connectivity index (χ0) is 19.1. The summed E-state index contributed by atoms with van der Waals surface area (Å²) in [5, 5.41) is 9.19. The van der Waals surface area contributed by atoms with Crippen LogP contribution in [0.3, 0.4) is 0 Å². The van der Waals surface area contributed by atoms with Crippen molar-refractivity contribution >= 4 is 17.0 Å². The normalized spacial score (nSPS) is 11.1. The number of fused-ring (bicyclic) bond motifs is 1. The third kappa shape index (κ3) is 2.93. The first kappa shape index (κ1) is 16.8. The molecule has 4 rings (SSSR count). The zero-order valence-electron chi connectivity index (χ0n) is 13.6. The molecule has 4 aromatic rings. The van der Waals surface area contributed by atoms with Crippen molar-refractivity contribution in [3.05, 3.63) is 77.6 Å². The van der Waals surface area contributed by atoms with Gasteiger partial charge in [-0.3, -0.25) is 0 Å². The van der Waals surface area contributed by atoms with E-state index in [1.807, 2.05) is 0 Å². The number of aromatic carboxylic acids is 1. The summed E-state index contributed by atoms with van der Waals surface area (Å²) in [6, 6.07) is 12.9. The van der Waals surface area contributed by atoms with E-state index >= 15 is 0 Å². The highest BCUT2D eigenvalue weighted by atomic mass is 19.1. The third-order valence-electron chi connectivity index (χ3n) is 4.17. The van der Waals surface area contributed by atoms with Crippen LogP contribution in [0, 0.1) is 17.5 Å². The molecule has 27 heavy (non-hydrogen) atoms. The summed E-state index contributed by atoms with van der Waals surface area (Å²) >= 11 is 0. The molecule has 0 aliphatic heterocycles. The number of rotatable bonds is 3. The van der Waals surface area contributed by atoms with Crippen molar-refractivity contribution in [2.75, 3.05) is 0 Å². The topological polar surface area (TPSA) is 66.0 Å². The lowest BCUT2D eigenvalue weighted by atomic mass is 10.0. The van der Waals surface area contributed by atoms with Crippen LogP contribution in [0.1, 0.15) is 10.4 Å². The van der Waals surface area contributed by atoms with E-state index in [4.69, 9.17) is 0 Å². The number of carboxylic acid groups (broad SMARTS) is 1. The smallest absolute Gasteiger partial charge is 0.338 e. The number of H-pyrrole nitrogens is 1. The van der Waals surface area contributed by atoms with Crippen molar-refractivity contribution in [3.8, 4) is 22.5 Å². The predicted molar refractivity (Wildman–Crippen MR) is 93.8 cm³/mol. The monoisotopic (exact) mass is 368 g/mol. The highest BCUT2D eigenvalue weighted by molar-refractivity contribution is 6.01. The van der Waals surface area contributed by atoms with Crippen LogP contribution in [0.4, 0.5) is 13.2 Å². The molecule has 0 amide bonds. The van der Waals surface area contributed by atoms with Crippen LogP contribution in [0.2, 0.25) is 0 Å². The van der Waals surface area contributed by atoms with Crippen LogP contribution in [0.15, 0.2) is 54.6 Å². The van der Waals surface area contributed by atoms with Crippen molar-refractivity contribution in [1.82, 2.24) is 9.97 Å². The summed E-state index contributed by atoms with van der Waals surface area (Å²) < 4.78 is 42.9. The van der Waals surface area contributed by atoms with E-state index < -0.39 is 34.5 Å². The standard InChI is InChI=1S/C20H11F3N2O2/c21-12-8-13(20(26)27)18-16(9-12)24-19(25-18)17-14(22)6-11(7-15(17)23)10-4-2-1-3-5-10/h1-9H,(H,24,25)(H,26,27). The molecule has 0 atom stereocenters. The van der Waals surface area contributed by atoms with Gasteiger partial charge in [-0.2, -0.15) is 0 Å². The van der Waals surface area contributed by atoms with Gasteiger partial charge in [0.2, 0.25) is 0 Å². The highest BCUT2D eigenvalue weighted by Crippen LogP contribution is 2.31. The number of hydrogen-bond donors (Lipinski definition) is 2. The van der Waals surface area contributed by atoms with E-state index in [1.54, 1.807) is 30.3 Å². The summed E-state index contributed by atoms with van der Waals surface area (Å²) in [5.41, 5.74) is 0.111. The number of nitrogens with one attached hydrogen (secondary N) is 1. The summed E-state index contributed by atoms with van der Waals surface area (Å²) in [6.45, 7) is 0. The van der Waals surface area contributed by atoms with Gasteiger partial charge in [0.05, 0.1) is 16.6 Å². The summed E-state index contributed by atoms with van der Waals surface area (Å²) in [6.07, 6.45) is 0. The molecule has 0 fully saturated rings. The van der Waals surface area contributed by atoms with E-state index in [0.29, 0.717) is 11.1 Å². The summed E-state index contributed by atoms with van der Waals surface area (Å²) in [7, 11) is 0. The minimum atomic E-state index is -1.39. The fourth-order valence-corrected chi connectivity index (χ4v) is 2.96. The van der Waals surface area contributed by atoms with Crippen LogP contribution in [0.25, 0.3) is 33.5 Å². The number of carboxylic acids is 1. The van der Waals surface area contributed by atoms with Crippen molar-refractivity contribution in [2.24, 2.45) is 0 Å². The Balaban J connectivity index is 1.89. The molecule has 0 aliphatic carbocycles. The number of imidazole rings is 1. The fraction of sp³-hybridized carbons (Fsp3) is 0. The molecule has 0 aliphatic rings. The molecule has 1 heterocycles. The minimum Gasteiger partial charge on any atom is -0.478 e. The van der Waals surface area contributed by atoms with E-state index in [2.05, 4.69) is 9.97 Å². The quantitative estimate of drug-likeness (QED) is 0.534. The molecule has 0 spiro atoms. The van der Waals surface area contributed by atoms with Crippen molar-refractivity contribution in [3.63, 3.8) is 0 Å². The van der Waals surface area contributed by atoms with Gasteiger partial charge in [-0.1, -0.05) is 30.3 Å². The van der Waals surface area contributed by atoms with E-state index in [-0.39, 0.29) is 16.9 Å². The Morgan fingerprint density at radius 1 is 0.926 bits per heavy atom. The fourth-order valence-electron chi connectivity index (χ4n) is 2.96. The average Bonchev–Trinajstić information content (AvgIpc) is 3.04. The molecule has 0 saturated heterocycles. The van der Waals surface area contributed by atoms with Crippen LogP contribution >= 0.6 is 0 Å². The second kappa shape index (κ2) is 6.28. The molecule has 0 bridgehead atoms. The molecule has 7 heteroatoms. The Hall–Kier alpha value is -3.61. The Morgan fingerprint density at radius 2 is 1.59 bits per heavy atom. The SMILES string of the molecule is O=C(O)c1cc(F)cc2[nH]c(-c3c(F)cc(-c4ccccc4)cc3F)nc12. The Morgan fingerprint density at radius 3 is 2.22 bits per heavy atom. The van der Waals surface area contributed by atoms with Crippen LogP contribution in [-0.2, 0) is 0 Å². The van der Waals surface area contributed by atoms with Gasteiger partial charge in [-0.25, -0.2) is 22.9 Å². The van der Waals surface area contributed by atoms with E-state index in [9.17, 15) is 23.1 Å². The first-order valence-corrected chi connectivity index (χ1v) is 7.91. The minimum absolute atomic E-state index is 0.0355. The van der Waals surface area contributed by atoms with Crippen LogP contribution in [0.5, 0.6) is 0 Å². The molecule has 3 aromatic carbocycles. The van der Waals surface area contributed by atoms with Gasteiger partial charge in [0.25, 0.3) is 0 Å². The summed E-state index contributed by atoms with van der Waals surface area (Å²) in [5.74, 6) is -4.14. The van der Waals surface area contributed by atoms with Gasteiger partial charge in [0, 0.05) is 0 Å². The van der Waals surface area contributed by atoms with Gasteiger partial charge >= 0.3 is 5.97 Å². The molecule has 0 saturated carbocycles. The number of benzene rings is 3. The van der Waals surface area contributed by atoms with E-state index in [1.165, 1.54) is 12.1 Å². The maximum absolute atomic E-state index is 14.7. The molecule has 0 radical (unpaired) electrons. The third-order valence-corrected chi connectivity index (χ3v) is 4.17. The lowest BCUT2D eigenvalue weighted by molar-refractivity contribution is 0.0698. The molecule has 0 unspecified atom stereocenters. The Kier molecular flexibility index (Phi) is 3.92. The Labute approximate surface area is 150 Å². The largest absolute Gasteiger partial charge is 0.478 e. The van der Waals surface area contributed by atoms with Crippen LogP contribution < -0.4 is 0 Å². The average molecular weight is 368 g/mol. The Bertz CT molecular complexity index is 1160. The number of nitrogens with zero attached hydrogens (tertiary/aromatic N) is 1. The molecular formula is C20H11F3N2O2. The van der Waals surface area contributed by atoms with Gasteiger partial charge in [-0.05, 0) is 35.4 Å². The predicted octanol–water partition coefficient (Wildman–Crippen LogP) is 5.01. The summed E-state index contributed by atoms with van der Waals surface area (Å²) in [4.78, 5) is 17.9. The molecule has 4 nitrogen and oxygen atoms in total. The number of halogens is 3. The molecular weight excluding hydrogens is 357 g/mol. The van der Waals surface area contributed by atoms with Crippen molar-refractivity contribution < 1.29 is 23.1 Å². The van der Waals surface area contributed by atoms with Crippen molar-refractivity contribution in [2.45, 2.75) is 0 Å².